The van der Waals surface area contributed by atoms with Gasteiger partial charge in [-0.05, 0) is 43.5 Å². The highest BCUT2D eigenvalue weighted by Gasteiger charge is 2.20. The van der Waals surface area contributed by atoms with Crippen LogP contribution >= 0.6 is 24.0 Å². The zero-order valence-electron chi connectivity index (χ0n) is 16.0. The minimum absolute atomic E-state index is 0. The molecule has 154 valence electrons. The van der Waals surface area contributed by atoms with Gasteiger partial charge in [-0.1, -0.05) is 6.07 Å². The van der Waals surface area contributed by atoms with Gasteiger partial charge in [0.15, 0.2) is 15.8 Å². The summed E-state index contributed by atoms with van der Waals surface area (Å²) in [7, 11) is -2.84. The minimum atomic E-state index is -2.84. The van der Waals surface area contributed by atoms with E-state index < -0.39 is 9.84 Å². The summed E-state index contributed by atoms with van der Waals surface area (Å²) in [6.45, 7) is 7.95. The molecule has 2 N–H and O–H groups in total. The standard InChI is InChI=1S/C18H29FN4O2S.HI/c1-3-20-18(21-7-6-16-4-5-17(19)14-15(16)2)22-8-9-23-10-12-26(24,25)13-11-23;/h4-5,14H,3,6-13H2,1-2H3,(H2,20,21,22);1H. The summed E-state index contributed by atoms with van der Waals surface area (Å²) in [5, 5.41) is 6.50. The first-order valence-corrected chi connectivity index (χ1v) is 10.9. The average molecular weight is 512 g/mol. The van der Waals surface area contributed by atoms with Crippen molar-refractivity contribution >= 4 is 39.8 Å². The quantitative estimate of drug-likeness (QED) is 0.330. The van der Waals surface area contributed by atoms with Crippen LogP contribution in [0.5, 0.6) is 0 Å². The van der Waals surface area contributed by atoms with Gasteiger partial charge < -0.3 is 10.6 Å². The summed E-state index contributed by atoms with van der Waals surface area (Å²) in [6, 6.07) is 4.86. The van der Waals surface area contributed by atoms with Gasteiger partial charge in [0, 0.05) is 32.7 Å². The van der Waals surface area contributed by atoms with Gasteiger partial charge in [0.05, 0.1) is 18.1 Å². The second-order valence-electron chi connectivity index (χ2n) is 6.50. The van der Waals surface area contributed by atoms with Crippen LogP contribution < -0.4 is 10.6 Å². The first kappa shape index (κ1) is 24.1. The average Bonchev–Trinajstić information content (AvgIpc) is 2.58. The van der Waals surface area contributed by atoms with Gasteiger partial charge in [-0.2, -0.15) is 0 Å². The van der Waals surface area contributed by atoms with Crippen molar-refractivity contribution in [1.82, 2.24) is 15.5 Å². The molecule has 0 spiro atoms. The number of hydrogen-bond acceptors (Lipinski definition) is 4. The fourth-order valence-corrected chi connectivity index (χ4v) is 4.15. The lowest BCUT2D eigenvalue weighted by Crippen LogP contribution is -2.42. The number of guanidine groups is 1. The van der Waals surface area contributed by atoms with Crippen molar-refractivity contribution in [2.24, 2.45) is 4.99 Å². The van der Waals surface area contributed by atoms with E-state index in [0.29, 0.717) is 26.2 Å². The monoisotopic (exact) mass is 512 g/mol. The number of aliphatic imine (C=N–C) groups is 1. The largest absolute Gasteiger partial charge is 0.357 e. The fraction of sp³-hybridized carbons (Fsp3) is 0.611. The molecule has 9 heteroatoms. The second-order valence-corrected chi connectivity index (χ2v) is 8.81. The molecule has 0 saturated carbocycles. The molecule has 1 fully saturated rings. The highest BCUT2D eigenvalue weighted by atomic mass is 127. The minimum Gasteiger partial charge on any atom is -0.357 e. The predicted molar refractivity (Wildman–Crippen MR) is 119 cm³/mol. The third kappa shape index (κ3) is 8.73. The topological polar surface area (TPSA) is 73.8 Å². The zero-order chi connectivity index (χ0) is 19.0. The first-order valence-electron chi connectivity index (χ1n) is 9.09. The molecule has 1 saturated heterocycles. The molecule has 1 aromatic rings. The van der Waals surface area contributed by atoms with Crippen LogP contribution in [0.1, 0.15) is 18.1 Å². The molecule has 1 aliphatic heterocycles. The van der Waals surface area contributed by atoms with Crippen molar-refractivity contribution in [3.63, 3.8) is 0 Å². The number of rotatable bonds is 7. The summed E-state index contributed by atoms with van der Waals surface area (Å²) in [5.74, 6) is 1.02. The van der Waals surface area contributed by atoms with E-state index in [9.17, 15) is 12.8 Å². The number of nitrogens with one attached hydrogen (secondary N) is 2. The molecule has 0 bridgehead atoms. The Morgan fingerprint density at radius 3 is 2.59 bits per heavy atom. The second kappa shape index (κ2) is 11.8. The lowest BCUT2D eigenvalue weighted by atomic mass is 10.1. The molecule has 1 heterocycles. The molecule has 0 atom stereocenters. The zero-order valence-corrected chi connectivity index (χ0v) is 19.1. The van der Waals surface area contributed by atoms with Gasteiger partial charge >= 0.3 is 0 Å². The van der Waals surface area contributed by atoms with Crippen LogP contribution in [0.3, 0.4) is 0 Å². The van der Waals surface area contributed by atoms with Gasteiger partial charge in [0.2, 0.25) is 0 Å². The Kier molecular flexibility index (Phi) is 10.5. The Bertz CT molecular complexity index is 714. The summed E-state index contributed by atoms with van der Waals surface area (Å²) in [5.41, 5.74) is 2.07. The third-order valence-corrected chi connectivity index (χ3v) is 6.07. The van der Waals surface area contributed by atoms with E-state index in [2.05, 4.69) is 20.5 Å². The number of aryl methyl sites for hydroxylation is 1. The van der Waals surface area contributed by atoms with E-state index in [0.717, 1.165) is 36.6 Å². The molecule has 0 aromatic heterocycles. The summed E-state index contributed by atoms with van der Waals surface area (Å²) < 4.78 is 36.0. The van der Waals surface area contributed by atoms with Crippen molar-refractivity contribution in [2.75, 3.05) is 50.8 Å². The van der Waals surface area contributed by atoms with Gasteiger partial charge in [-0.3, -0.25) is 9.89 Å². The molecule has 2 rings (SSSR count). The summed E-state index contributed by atoms with van der Waals surface area (Å²) in [6.07, 6.45) is 0.792. The van der Waals surface area contributed by atoms with Gasteiger partial charge in [-0.15, -0.1) is 24.0 Å². The number of benzene rings is 1. The van der Waals surface area contributed by atoms with Crippen molar-refractivity contribution < 1.29 is 12.8 Å². The maximum absolute atomic E-state index is 13.2. The van der Waals surface area contributed by atoms with E-state index >= 15 is 0 Å². The Hall–Kier alpha value is -0.940. The highest BCUT2D eigenvalue weighted by Crippen LogP contribution is 2.10. The predicted octanol–water partition coefficient (Wildman–Crippen LogP) is 1.58. The lowest BCUT2D eigenvalue weighted by molar-refractivity contribution is 0.304. The van der Waals surface area contributed by atoms with Crippen LogP contribution in [0, 0.1) is 12.7 Å². The molecule has 6 nitrogen and oxygen atoms in total. The summed E-state index contributed by atoms with van der Waals surface area (Å²) >= 11 is 0. The normalized spacial score (nSPS) is 17.2. The molecule has 1 aromatic carbocycles. The third-order valence-electron chi connectivity index (χ3n) is 4.46. The molecular formula is C18H30FIN4O2S. The first-order chi connectivity index (χ1) is 12.4. The smallest absolute Gasteiger partial charge is 0.191 e. The Labute approximate surface area is 178 Å². The van der Waals surface area contributed by atoms with Crippen molar-refractivity contribution in [3.8, 4) is 0 Å². The molecule has 0 unspecified atom stereocenters. The van der Waals surface area contributed by atoms with Gasteiger partial charge in [0.25, 0.3) is 0 Å². The molecule has 1 aliphatic rings. The molecule has 0 aliphatic carbocycles. The maximum atomic E-state index is 13.2. The molecule has 27 heavy (non-hydrogen) atoms. The van der Waals surface area contributed by atoms with Crippen molar-refractivity contribution in [3.05, 3.63) is 35.1 Å². The van der Waals surface area contributed by atoms with Crippen molar-refractivity contribution in [1.29, 1.82) is 0 Å². The number of hydrogen-bond donors (Lipinski definition) is 2. The van der Waals surface area contributed by atoms with E-state index in [-0.39, 0.29) is 41.3 Å². The summed E-state index contributed by atoms with van der Waals surface area (Å²) in [4.78, 5) is 6.69. The molecule has 0 radical (unpaired) electrons. The van der Waals surface area contributed by atoms with E-state index in [1.807, 2.05) is 19.9 Å². The maximum Gasteiger partial charge on any atom is 0.191 e. The van der Waals surface area contributed by atoms with Crippen LogP contribution in [0.4, 0.5) is 4.39 Å². The van der Waals surface area contributed by atoms with Crippen LogP contribution in [0.2, 0.25) is 0 Å². The highest BCUT2D eigenvalue weighted by molar-refractivity contribution is 14.0. The number of halogens is 2. The number of nitrogens with zero attached hydrogens (tertiary/aromatic N) is 2. The SMILES string of the molecule is CCNC(=NCCN1CCS(=O)(=O)CC1)NCCc1ccc(F)cc1C.I. The van der Waals surface area contributed by atoms with Crippen LogP contribution in [-0.4, -0.2) is 70.1 Å². The van der Waals surface area contributed by atoms with Gasteiger partial charge in [0.1, 0.15) is 5.82 Å². The van der Waals surface area contributed by atoms with E-state index in [1.54, 1.807) is 6.07 Å². The lowest BCUT2D eigenvalue weighted by Gasteiger charge is -2.25. The fourth-order valence-electron chi connectivity index (χ4n) is 2.87. The Balaban J connectivity index is 0.00000364. The van der Waals surface area contributed by atoms with E-state index in [4.69, 9.17) is 0 Å². The van der Waals surface area contributed by atoms with E-state index in [1.165, 1.54) is 6.07 Å². The molecule has 0 amide bonds. The molecular weight excluding hydrogens is 482 g/mol. The van der Waals surface area contributed by atoms with Gasteiger partial charge in [-0.25, -0.2) is 12.8 Å². The van der Waals surface area contributed by atoms with Crippen LogP contribution in [-0.2, 0) is 16.3 Å². The number of sulfone groups is 1. The Morgan fingerprint density at radius 1 is 1.26 bits per heavy atom. The van der Waals surface area contributed by atoms with Crippen LogP contribution in [0.15, 0.2) is 23.2 Å². The van der Waals surface area contributed by atoms with Crippen LogP contribution in [0.25, 0.3) is 0 Å². The van der Waals surface area contributed by atoms with Crippen molar-refractivity contribution in [2.45, 2.75) is 20.3 Å². The Morgan fingerprint density at radius 2 is 1.96 bits per heavy atom.